The lowest BCUT2D eigenvalue weighted by Gasteiger charge is -2.07. The van der Waals surface area contributed by atoms with Crippen molar-refractivity contribution >= 4 is 33.3 Å². The topological polar surface area (TPSA) is 88.8 Å². The van der Waals surface area contributed by atoms with Crippen LogP contribution in [0, 0.1) is 5.41 Å². The van der Waals surface area contributed by atoms with Crippen LogP contribution in [0.3, 0.4) is 0 Å². The van der Waals surface area contributed by atoms with Gasteiger partial charge in [0.2, 0.25) is 0 Å². The van der Waals surface area contributed by atoms with E-state index in [9.17, 15) is 0 Å². The van der Waals surface area contributed by atoms with E-state index in [1.165, 1.54) is 0 Å². The number of rotatable bonds is 1. The predicted octanol–water partition coefficient (Wildman–Crippen LogP) is 2.25. The Labute approximate surface area is 104 Å². The quantitative estimate of drug-likeness (QED) is 0.344. The Kier molecular flexibility index (Phi) is 2.16. The van der Waals surface area contributed by atoms with Crippen LogP contribution in [-0.4, -0.2) is 10.8 Å². The number of nitrogens with zero attached hydrogens (tertiary/aromatic N) is 1. The zero-order chi connectivity index (χ0) is 12.7. The minimum atomic E-state index is 0.0328. The average molecular weight is 236 g/mol. The second-order valence-corrected chi connectivity index (χ2v) is 4.19. The van der Waals surface area contributed by atoms with Gasteiger partial charge in [-0.15, -0.1) is 0 Å². The SMILES string of the molecule is N=C(N)c1ccc2c(N)c3ccccc3nc2c1. The summed E-state index contributed by atoms with van der Waals surface area (Å²) in [5, 5.41) is 9.28. The Balaban J connectivity index is 2.44. The molecule has 3 rings (SSSR count). The van der Waals surface area contributed by atoms with Crippen LogP contribution >= 0.6 is 0 Å². The summed E-state index contributed by atoms with van der Waals surface area (Å²) in [6.45, 7) is 0. The Morgan fingerprint density at radius 2 is 1.72 bits per heavy atom. The number of nitrogens with two attached hydrogens (primary N) is 2. The number of anilines is 1. The van der Waals surface area contributed by atoms with Crippen molar-refractivity contribution in [3.63, 3.8) is 0 Å². The molecule has 0 spiro atoms. The van der Waals surface area contributed by atoms with Gasteiger partial charge in [0, 0.05) is 16.3 Å². The maximum absolute atomic E-state index is 7.45. The van der Waals surface area contributed by atoms with Crippen molar-refractivity contribution in [2.75, 3.05) is 5.73 Å². The van der Waals surface area contributed by atoms with Gasteiger partial charge in [0.25, 0.3) is 0 Å². The lowest BCUT2D eigenvalue weighted by molar-refractivity contribution is 1.42. The highest BCUT2D eigenvalue weighted by atomic mass is 14.7. The molecule has 0 radical (unpaired) electrons. The molecule has 0 bridgehead atoms. The Hall–Kier alpha value is -2.62. The number of nitrogens with one attached hydrogen (secondary N) is 1. The first-order chi connectivity index (χ1) is 8.66. The normalized spacial score (nSPS) is 10.9. The van der Waals surface area contributed by atoms with Gasteiger partial charge in [0.05, 0.1) is 16.7 Å². The number of amidine groups is 1. The van der Waals surface area contributed by atoms with E-state index in [-0.39, 0.29) is 5.84 Å². The first-order valence-electron chi connectivity index (χ1n) is 5.59. The van der Waals surface area contributed by atoms with Crippen molar-refractivity contribution in [3.8, 4) is 0 Å². The predicted molar refractivity (Wildman–Crippen MR) is 74.7 cm³/mol. The molecule has 0 aliphatic rings. The van der Waals surface area contributed by atoms with Crippen LogP contribution in [0.5, 0.6) is 0 Å². The molecule has 0 unspecified atom stereocenters. The molecule has 0 fully saturated rings. The minimum Gasteiger partial charge on any atom is -0.398 e. The number of hydrogen-bond acceptors (Lipinski definition) is 3. The summed E-state index contributed by atoms with van der Waals surface area (Å²) in [5.74, 6) is 0.0328. The van der Waals surface area contributed by atoms with Gasteiger partial charge in [-0.2, -0.15) is 0 Å². The second kappa shape index (κ2) is 3.70. The number of nitrogen functional groups attached to an aromatic ring is 2. The molecule has 0 saturated carbocycles. The zero-order valence-corrected chi connectivity index (χ0v) is 9.64. The number of para-hydroxylation sites is 1. The van der Waals surface area contributed by atoms with Crippen molar-refractivity contribution in [3.05, 3.63) is 48.0 Å². The van der Waals surface area contributed by atoms with Crippen LogP contribution in [0.25, 0.3) is 21.8 Å². The smallest absolute Gasteiger partial charge is 0.122 e. The molecule has 0 saturated heterocycles. The summed E-state index contributed by atoms with van der Waals surface area (Å²) in [6.07, 6.45) is 0. The largest absolute Gasteiger partial charge is 0.398 e. The number of benzene rings is 2. The lowest BCUT2D eigenvalue weighted by Crippen LogP contribution is -2.10. The van der Waals surface area contributed by atoms with Crippen LogP contribution in [0.2, 0.25) is 0 Å². The summed E-state index contributed by atoms with van der Waals surface area (Å²) >= 11 is 0. The fourth-order valence-corrected chi connectivity index (χ4v) is 2.09. The van der Waals surface area contributed by atoms with Crippen molar-refractivity contribution in [1.29, 1.82) is 5.41 Å². The van der Waals surface area contributed by atoms with Gasteiger partial charge in [0.15, 0.2) is 0 Å². The molecule has 4 nitrogen and oxygen atoms in total. The monoisotopic (exact) mass is 236 g/mol. The third-order valence-corrected chi connectivity index (χ3v) is 3.03. The fraction of sp³-hybridized carbons (Fsp3) is 0. The summed E-state index contributed by atoms with van der Waals surface area (Å²) in [4.78, 5) is 4.55. The van der Waals surface area contributed by atoms with E-state index in [1.807, 2.05) is 30.3 Å². The van der Waals surface area contributed by atoms with E-state index >= 15 is 0 Å². The van der Waals surface area contributed by atoms with E-state index in [4.69, 9.17) is 16.9 Å². The van der Waals surface area contributed by atoms with Crippen LogP contribution in [0.15, 0.2) is 42.5 Å². The highest BCUT2D eigenvalue weighted by Crippen LogP contribution is 2.28. The molecule has 3 aromatic rings. The number of fused-ring (bicyclic) bond motifs is 2. The molecule has 2 aromatic carbocycles. The van der Waals surface area contributed by atoms with Gasteiger partial charge in [-0.25, -0.2) is 4.98 Å². The molecule has 18 heavy (non-hydrogen) atoms. The standard InChI is InChI=1S/C14H12N4/c15-13-9-3-1-2-4-11(9)18-12-7-8(14(16)17)5-6-10(12)13/h1-7H,(H2,15,18)(H3,16,17). The zero-order valence-electron chi connectivity index (χ0n) is 9.64. The third kappa shape index (κ3) is 1.47. The molecule has 4 heteroatoms. The lowest BCUT2D eigenvalue weighted by atomic mass is 10.1. The van der Waals surface area contributed by atoms with Gasteiger partial charge in [-0.1, -0.05) is 24.3 Å². The molecule has 0 aliphatic carbocycles. The maximum Gasteiger partial charge on any atom is 0.122 e. The molecule has 88 valence electrons. The van der Waals surface area contributed by atoms with Crippen LogP contribution in [0.1, 0.15) is 5.56 Å². The number of aromatic nitrogens is 1. The molecule has 0 amide bonds. The molecular weight excluding hydrogens is 224 g/mol. The number of pyridine rings is 1. The van der Waals surface area contributed by atoms with E-state index in [0.717, 1.165) is 21.8 Å². The van der Waals surface area contributed by atoms with Gasteiger partial charge >= 0.3 is 0 Å². The van der Waals surface area contributed by atoms with Crippen LogP contribution < -0.4 is 11.5 Å². The highest BCUT2D eigenvalue weighted by molar-refractivity contribution is 6.08. The molecule has 1 aromatic heterocycles. The fourth-order valence-electron chi connectivity index (χ4n) is 2.09. The Bertz CT molecular complexity index is 777. The second-order valence-electron chi connectivity index (χ2n) is 4.19. The van der Waals surface area contributed by atoms with Crippen molar-refractivity contribution in [2.24, 2.45) is 5.73 Å². The summed E-state index contributed by atoms with van der Waals surface area (Å²) in [6, 6.07) is 13.2. The van der Waals surface area contributed by atoms with Crippen molar-refractivity contribution in [2.45, 2.75) is 0 Å². The van der Waals surface area contributed by atoms with Gasteiger partial charge in [-0.05, 0) is 18.2 Å². The third-order valence-electron chi connectivity index (χ3n) is 3.03. The summed E-state index contributed by atoms with van der Waals surface area (Å²) in [7, 11) is 0. The Morgan fingerprint density at radius 3 is 2.50 bits per heavy atom. The molecular formula is C14H12N4. The van der Waals surface area contributed by atoms with Crippen LogP contribution in [-0.2, 0) is 0 Å². The summed E-state index contributed by atoms with van der Waals surface area (Å²) < 4.78 is 0. The van der Waals surface area contributed by atoms with Crippen LogP contribution in [0.4, 0.5) is 5.69 Å². The molecule has 1 heterocycles. The minimum absolute atomic E-state index is 0.0328. The molecule has 5 N–H and O–H groups in total. The molecule has 0 atom stereocenters. The number of hydrogen-bond donors (Lipinski definition) is 3. The van der Waals surface area contributed by atoms with Gasteiger partial charge in [0.1, 0.15) is 5.84 Å². The van der Waals surface area contributed by atoms with E-state index in [0.29, 0.717) is 11.3 Å². The van der Waals surface area contributed by atoms with E-state index in [1.54, 1.807) is 12.1 Å². The van der Waals surface area contributed by atoms with Crippen molar-refractivity contribution in [1.82, 2.24) is 4.98 Å². The maximum atomic E-state index is 7.45. The summed E-state index contributed by atoms with van der Waals surface area (Å²) in [5.41, 5.74) is 14.6. The van der Waals surface area contributed by atoms with Gasteiger partial charge < -0.3 is 11.5 Å². The van der Waals surface area contributed by atoms with Crippen molar-refractivity contribution < 1.29 is 0 Å². The molecule has 0 aliphatic heterocycles. The first kappa shape index (κ1) is 10.5. The first-order valence-corrected chi connectivity index (χ1v) is 5.59. The van der Waals surface area contributed by atoms with E-state index in [2.05, 4.69) is 4.98 Å². The van der Waals surface area contributed by atoms with E-state index < -0.39 is 0 Å². The average Bonchev–Trinajstić information content (AvgIpc) is 2.38. The van der Waals surface area contributed by atoms with Gasteiger partial charge in [-0.3, -0.25) is 5.41 Å². The highest BCUT2D eigenvalue weighted by Gasteiger charge is 2.07. The Morgan fingerprint density at radius 1 is 1.00 bits per heavy atom.